The Hall–Kier alpha value is -2.45. The van der Waals surface area contributed by atoms with E-state index < -0.39 is 10.0 Å². The van der Waals surface area contributed by atoms with E-state index >= 15 is 0 Å². The molecule has 1 N–H and O–H groups in total. The zero-order valence-electron chi connectivity index (χ0n) is 14.6. The maximum atomic E-state index is 13.0. The predicted molar refractivity (Wildman–Crippen MR) is 108 cm³/mol. The monoisotopic (exact) mass is 403 g/mol. The minimum absolute atomic E-state index is 0.0959. The van der Waals surface area contributed by atoms with Crippen LogP contribution in [0.4, 0.5) is 20.9 Å². The number of hydrogen-bond donors (Lipinski definition) is 1. The molecule has 3 aromatic rings. The highest BCUT2D eigenvalue weighted by molar-refractivity contribution is 7.92. The number of aromatic nitrogens is 1. The van der Waals surface area contributed by atoms with E-state index in [2.05, 4.69) is 10.3 Å². The fraction of sp³-hybridized carbons (Fsp3) is 0.211. The van der Waals surface area contributed by atoms with Gasteiger partial charge in [-0.25, -0.2) is 17.8 Å². The van der Waals surface area contributed by atoms with E-state index in [4.69, 9.17) is 0 Å². The number of thiazole rings is 1. The summed E-state index contributed by atoms with van der Waals surface area (Å²) in [6, 6.07) is 11.9. The van der Waals surface area contributed by atoms with E-state index in [1.54, 1.807) is 19.1 Å². The SMILES string of the molecule is CCS(=O)(=O)N1CCc2cc(-c3csc(Nc4ccc(F)cc4)n3)ccc21. The van der Waals surface area contributed by atoms with Gasteiger partial charge in [-0.1, -0.05) is 6.07 Å². The van der Waals surface area contributed by atoms with Gasteiger partial charge < -0.3 is 5.32 Å². The Morgan fingerprint density at radius 2 is 2.00 bits per heavy atom. The number of hydrogen-bond acceptors (Lipinski definition) is 5. The van der Waals surface area contributed by atoms with Crippen molar-refractivity contribution in [3.05, 3.63) is 59.2 Å². The first-order valence-electron chi connectivity index (χ1n) is 8.58. The molecule has 27 heavy (non-hydrogen) atoms. The van der Waals surface area contributed by atoms with Crippen LogP contribution in [-0.4, -0.2) is 25.7 Å². The molecular weight excluding hydrogens is 385 g/mol. The van der Waals surface area contributed by atoms with Crippen LogP contribution in [0.3, 0.4) is 0 Å². The number of nitrogens with one attached hydrogen (secondary N) is 1. The van der Waals surface area contributed by atoms with Crippen molar-refractivity contribution in [3.63, 3.8) is 0 Å². The first kappa shape index (κ1) is 17.9. The molecule has 140 valence electrons. The Labute approximate surface area is 161 Å². The van der Waals surface area contributed by atoms with Crippen LogP contribution in [0.1, 0.15) is 12.5 Å². The van der Waals surface area contributed by atoms with Crippen LogP contribution < -0.4 is 9.62 Å². The fourth-order valence-electron chi connectivity index (χ4n) is 3.10. The van der Waals surface area contributed by atoms with Gasteiger partial charge in [0.25, 0.3) is 0 Å². The third-order valence-corrected chi connectivity index (χ3v) is 7.07. The predicted octanol–water partition coefficient (Wildman–Crippen LogP) is 4.41. The number of halogens is 1. The first-order chi connectivity index (χ1) is 13.0. The lowest BCUT2D eigenvalue weighted by atomic mass is 10.1. The third kappa shape index (κ3) is 3.54. The van der Waals surface area contributed by atoms with Crippen LogP contribution in [0.2, 0.25) is 0 Å². The van der Waals surface area contributed by atoms with E-state index in [9.17, 15) is 12.8 Å². The average molecular weight is 404 g/mol. The van der Waals surface area contributed by atoms with Crippen molar-refractivity contribution < 1.29 is 12.8 Å². The molecule has 1 aliphatic heterocycles. The summed E-state index contributed by atoms with van der Waals surface area (Å²) in [7, 11) is -3.24. The van der Waals surface area contributed by atoms with E-state index in [1.807, 2.05) is 23.6 Å². The Kier molecular flexibility index (Phi) is 4.61. The minimum Gasteiger partial charge on any atom is -0.332 e. The molecule has 0 aliphatic carbocycles. The lowest BCUT2D eigenvalue weighted by Gasteiger charge is -2.18. The number of benzene rings is 2. The summed E-state index contributed by atoms with van der Waals surface area (Å²) in [4.78, 5) is 4.59. The first-order valence-corrected chi connectivity index (χ1v) is 11.1. The van der Waals surface area contributed by atoms with Gasteiger partial charge in [0.1, 0.15) is 5.82 Å². The van der Waals surface area contributed by atoms with Crippen molar-refractivity contribution in [3.8, 4) is 11.3 Å². The Morgan fingerprint density at radius 3 is 2.74 bits per heavy atom. The van der Waals surface area contributed by atoms with E-state index in [0.717, 1.165) is 28.2 Å². The van der Waals surface area contributed by atoms with Gasteiger partial charge >= 0.3 is 0 Å². The van der Waals surface area contributed by atoms with Crippen LogP contribution >= 0.6 is 11.3 Å². The molecule has 0 spiro atoms. The van der Waals surface area contributed by atoms with E-state index in [0.29, 0.717) is 18.1 Å². The van der Waals surface area contributed by atoms with Crippen LogP contribution in [0.25, 0.3) is 11.3 Å². The largest absolute Gasteiger partial charge is 0.332 e. The zero-order valence-corrected chi connectivity index (χ0v) is 16.3. The van der Waals surface area contributed by atoms with Crippen LogP contribution in [-0.2, 0) is 16.4 Å². The van der Waals surface area contributed by atoms with Gasteiger partial charge in [0.2, 0.25) is 10.0 Å². The van der Waals surface area contributed by atoms with Crippen molar-refractivity contribution in [2.75, 3.05) is 21.9 Å². The molecule has 0 bridgehead atoms. The van der Waals surface area contributed by atoms with E-state index in [-0.39, 0.29) is 11.6 Å². The van der Waals surface area contributed by atoms with Gasteiger partial charge in [0.15, 0.2) is 5.13 Å². The van der Waals surface area contributed by atoms with Gasteiger partial charge in [-0.2, -0.15) is 0 Å². The summed E-state index contributed by atoms with van der Waals surface area (Å²) in [5.41, 5.74) is 4.33. The smallest absolute Gasteiger partial charge is 0.234 e. The highest BCUT2D eigenvalue weighted by Crippen LogP contribution is 2.35. The van der Waals surface area contributed by atoms with Crippen LogP contribution in [0.15, 0.2) is 47.8 Å². The number of nitrogens with zero attached hydrogens (tertiary/aromatic N) is 2. The molecule has 0 unspecified atom stereocenters. The summed E-state index contributed by atoms with van der Waals surface area (Å²) in [5.74, 6) is -0.184. The van der Waals surface area contributed by atoms with Gasteiger partial charge in [-0.15, -0.1) is 11.3 Å². The molecule has 0 fully saturated rings. The number of rotatable bonds is 5. The van der Waals surface area contributed by atoms with Crippen molar-refractivity contribution >= 4 is 37.9 Å². The third-order valence-electron chi connectivity index (χ3n) is 4.53. The van der Waals surface area contributed by atoms with Gasteiger partial charge in [0.05, 0.1) is 17.1 Å². The second-order valence-corrected chi connectivity index (χ2v) is 9.28. The number of anilines is 3. The molecule has 0 saturated carbocycles. The Balaban J connectivity index is 1.57. The second kappa shape index (κ2) is 6.94. The molecule has 1 aromatic heterocycles. The van der Waals surface area contributed by atoms with Crippen molar-refractivity contribution in [1.29, 1.82) is 0 Å². The highest BCUT2D eigenvalue weighted by Gasteiger charge is 2.28. The summed E-state index contributed by atoms with van der Waals surface area (Å²) >= 11 is 1.46. The Morgan fingerprint density at radius 1 is 1.22 bits per heavy atom. The van der Waals surface area contributed by atoms with Crippen molar-refractivity contribution in [1.82, 2.24) is 4.98 Å². The molecular formula is C19H18FN3O2S2. The van der Waals surface area contributed by atoms with Crippen molar-refractivity contribution in [2.45, 2.75) is 13.3 Å². The molecule has 5 nitrogen and oxygen atoms in total. The van der Waals surface area contributed by atoms with Gasteiger partial charge in [0, 0.05) is 23.2 Å². The lowest BCUT2D eigenvalue weighted by molar-refractivity contribution is 0.593. The quantitative estimate of drug-likeness (QED) is 0.686. The van der Waals surface area contributed by atoms with Gasteiger partial charge in [-0.05, 0) is 55.3 Å². The molecule has 8 heteroatoms. The molecule has 1 aliphatic rings. The normalized spacial score (nSPS) is 13.6. The summed E-state index contributed by atoms with van der Waals surface area (Å²) in [6.45, 7) is 2.15. The average Bonchev–Trinajstić information content (AvgIpc) is 3.30. The Bertz CT molecular complexity index is 1080. The summed E-state index contributed by atoms with van der Waals surface area (Å²) in [5, 5.41) is 5.82. The molecule has 0 radical (unpaired) electrons. The second-order valence-electron chi connectivity index (χ2n) is 6.24. The van der Waals surface area contributed by atoms with Crippen molar-refractivity contribution in [2.24, 2.45) is 0 Å². The minimum atomic E-state index is -3.24. The molecule has 2 heterocycles. The molecule has 0 atom stereocenters. The molecule has 4 rings (SSSR count). The van der Waals surface area contributed by atoms with Crippen LogP contribution in [0.5, 0.6) is 0 Å². The fourth-order valence-corrected chi connectivity index (χ4v) is 4.99. The topological polar surface area (TPSA) is 62.3 Å². The van der Waals surface area contributed by atoms with Gasteiger partial charge in [-0.3, -0.25) is 4.31 Å². The molecule has 0 amide bonds. The lowest BCUT2D eigenvalue weighted by Crippen LogP contribution is -2.30. The number of fused-ring (bicyclic) bond motifs is 1. The molecule has 2 aromatic carbocycles. The zero-order chi connectivity index (χ0) is 19.0. The van der Waals surface area contributed by atoms with E-state index in [1.165, 1.54) is 27.8 Å². The molecule has 0 saturated heterocycles. The highest BCUT2D eigenvalue weighted by atomic mass is 32.2. The maximum absolute atomic E-state index is 13.0. The summed E-state index contributed by atoms with van der Waals surface area (Å²) < 4.78 is 38.9. The maximum Gasteiger partial charge on any atom is 0.234 e. The van der Waals surface area contributed by atoms with Crippen LogP contribution in [0, 0.1) is 5.82 Å². The number of sulfonamides is 1. The standard InChI is InChI=1S/C19H18FN3O2S2/c1-2-27(24,25)23-10-9-14-11-13(3-8-18(14)23)17-12-26-19(22-17)21-16-6-4-15(20)5-7-16/h3-8,11-12H,2,9-10H2,1H3,(H,21,22). The summed E-state index contributed by atoms with van der Waals surface area (Å²) in [6.07, 6.45) is 0.702.